The van der Waals surface area contributed by atoms with Crippen molar-refractivity contribution in [3.05, 3.63) is 34.9 Å². The van der Waals surface area contributed by atoms with Gasteiger partial charge in [0.2, 0.25) is 0 Å². The Labute approximate surface area is 103 Å². The molecule has 0 aromatic heterocycles. The molecule has 0 N–H and O–H groups in total. The van der Waals surface area contributed by atoms with Crippen LogP contribution in [0.25, 0.3) is 0 Å². The summed E-state index contributed by atoms with van der Waals surface area (Å²) in [5.74, 6) is -0.0781. The lowest BCUT2D eigenvalue weighted by atomic mass is 9.86. The molecular formula is C15H20O2. The molecule has 0 aliphatic rings. The third kappa shape index (κ3) is 3.26. The Morgan fingerprint density at radius 3 is 1.94 bits per heavy atom. The zero-order valence-corrected chi connectivity index (χ0v) is 11.3. The van der Waals surface area contributed by atoms with Crippen LogP contribution < -0.4 is 0 Å². The van der Waals surface area contributed by atoms with Crippen molar-refractivity contribution < 1.29 is 9.59 Å². The molecule has 0 spiro atoms. The van der Waals surface area contributed by atoms with Gasteiger partial charge in [-0.05, 0) is 25.0 Å². The average Bonchev–Trinajstić information content (AvgIpc) is 2.15. The van der Waals surface area contributed by atoms with Crippen LogP contribution in [0.5, 0.6) is 0 Å². The summed E-state index contributed by atoms with van der Waals surface area (Å²) in [6.07, 6.45) is -0.00477. The van der Waals surface area contributed by atoms with Crippen LogP contribution in [0.4, 0.5) is 0 Å². The predicted octanol–water partition coefficient (Wildman–Crippen LogP) is 3.49. The summed E-state index contributed by atoms with van der Waals surface area (Å²) in [6.45, 7) is 9.33. The number of ketones is 2. The second kappa shape index (κ2) is 4.82. The molecule has 92 valence electrons. The molecule has 1 aromatic carbocycles. The van der Waals surface area contributed by atoms with Crippen molar-refractivity contribution in [2.75, 3.05) is 0 Å². The number of benzene rings is 1. The molecule has 0 unspecified atom stereocenters. The van der Waals surface area contributed by atoms with E-state index in [2.05, 4.69) is 0 Å². The molecule has 0 heterocycles. The third-order valence-corrected chi connectivity index (χ3v) is 2.92. The Bertz CT molecular complexity index is 430. The van der Waals surface area contributed by atoms with Gasteiger partial charge < -0.3 is 0 Å². The minimum absolute atomic E-state index is 0.00477. The van der Waals surface area contributed by atoms with Gasteiger partial charge in [0.15, 0.2) is 5.78 Å². The van der Waals surface area contributed by atoms with Crippen molar-refractivity contribution in [1.82, 2.24) is 0 Å². The highest BCUT2D eigenvalue weighted by Gasteiger charge is 2.25. The molecular weight excluding hydrogens is 212 g/mol. The molecule has 1 rings (SSSR count). The summed E-state index contributed by atoms with van der Waals surface area (Å²) in [6, 6.07) is 5.73. The van der Waals surface area contributed by atoms with E-state index in [1.54, 1.807) is 0 Å². The van der Waals surface area contributed by atoms with Crippen molar-refractivity contribution in [2.45, 2.75) is 41.0 Å². The van der Waals surface area contributed by atoms with Gasteiger partial charge in [-0.3, -0.25) is 9.59 Å². The highest BCUT2D eigenvalue weighted by Crippen LogP contribution is 2.21. The third-order valence-electron chi connectivity index (χ3n) is 2.92. The number of aryl methyl sites for hydroxylation is 2. The number of carbonyl (C=O) groups is 2. The fraction of sp³-hybridized carbons (Fsp3) is 0.467. The fourth-order valence-electron chi connectivity index (χ4n) is 1.75. The van der Waals surface area contributed by atoms with Gasteiger partial charge in [-0.1, -0.05) is 39.0 Å². The topological polar surface area (TPSA) is 34.1 Å². The van der Waals surface area contributed by atoms with Crippen LogP contribution in [0, 0.1) is 19.3 Å². The summed E-state index contributed by atoms with van der Waals surface area (Å²) in [5.41, 5.74) is 2.13. The van der Waals surface area contributed by atoms with Crippen LogP contribution in [0.3, 0.4) is 0 Å². The van der Waals surface area contributed by atoms with Crippen LogP contribution in [-0.2, 0) is 4.79 Å². The maximum atomic E-state index is 12.1. The van der Waals surface area contributed by atoms with Gasteiger partial charge >= 0.3 is 0 Å². The maximum absolute atomic E-state index is 12.1. The Morgan fingerprint density at radius 2 is 1.53 bits per heavy atom. The van der Waals surface area contributed by atoms with Crippen molar-refractivity contribution in [1.29, 1.82) is 0 Å². The minimum atomic E-state index is -0.452. The number of Topliss-reactive ketones (excluding diaryl/α,β-unsaturated/α-hetero) is 2. The highest BCUT2D eigenvalue weighted by molar-refractivity contribution is 6.10. The normalized spacial score (nSPS) is 11.4. The van der Waals surface area contributed by atoms with Crippen molar-refractivity contribution in [3.63, 3.8) is 0 Å². The fourth-order valence-corrected chi connectivity index (χ4v) is 1.75. The molecule has 0 saturated heterocycles. The molecule has 0 saturated carbocycles. The smallest absolute Gasteiger partial charge is 0.170 e. The van der Waals surface area contributed by atoms with E-state index in [-0.39, 0.29) is 18.0 Å². The zero-order valence-electron chi connectivity index (χ0n) is 11.3. The maximum Gasteiger partial charge on any atom is 0.170 e. The summed E-state index contributed by atoms with van der Waals surface area (Å²) < 4.78 is 0. The number of rotatable bonds is 3. The van der Waals surface area contributed by atoms with Gasteiger partial charge in [-0.2, -0.15) is 0 Å². The number of carbonyl (C=O) groups excluding carboxylic acids is 2. The molecule has 2 heteroatoms. The molecule has 1 aromatic rings. The molecule has 0 aliphatic carbocycles. The molecule has 2 nitrogen and oxygen atoms in total. The van der Waals surface area contributed by atoms with Gasteiger partial charge in [-0.15, -0.1) is 0 Å². The van der Waals surface area contributed by atoms with Crippen LogP contribution in [-0.4, -0.2) is 11.6 Å². The van der Waals surface area contributed by atoms with E-state index in [1.807, 2.05) is 52.8 Å². The van der Waals surface area contributed by atoms with Crippen LogP contribution in [0.1, 0.15) is 48.7 Å². The Kier molecular flexibility index (Phi) is 3.87. The average molecular weight is 232 g/mol. The van der Waals surface area contributed by atoms with Gasteiger partial charge in [0.25, 0.3) is 0 Å². The van der Waals surface area contributed by atoms with Gasteiger partial charge in [0, 0.05) is 11.0 Å². The van der Waals surface area contributed by atoms with E-state index >= 15 is 0 Å². The molecule has 0 amide bonds. The quantitative estimate of drug-likeness (QED) is 0.590. The molecule has 17 heavy (non-hydrogen) atoms. The Morgan fingerprint density at radius 1 is 1.06 bits per heavy atom. The summed E-state index contributed by atoms with van der Waals surface area (Å²) in [4.78, 5) is 24.0. The van der Waals surface area contributed by atoms with Crippen LogP contribution in [0.2, 0.25) is 0 Å². The zero-order chi connectivity index (χ0) is 13.2. The van der Waals surface area contributed by atoms with Gasteiger partial charge in [-0.25, -0.2) is 0 Å². The predicted molar refractivity (Wildman–Crippen MR) is 69.3 cm³/mol. The van der Waals surface area contributed by atoms with E-state index in [9.17, 15) is 9.59 Å². The first-order chi connectivity index (χ1) is 7.73. The van der Waals surface area contributed by atoms with Gasteiger partial charge in [0.05, 0.1) is 6.42 Å². The lowest BCUT2D eigenvalue weighted by molar-refractivity contribution is -0.125. The van der Waals surface area contributed by atoms with Crippen molar-refractivity contribution >= 4 is 11.6 Å². The Balaban J connectivity index is 2.96. The van der Waals surface area contributed by atoms with Gasteiger partial charge in [0.1, 0.15) is 5.78 Å². The van der Waals surface area contributed by atoms with E-state index in [4.69, 9.17) is 0 Å². The summed E-state index contributed by atoms with van der Waals surface area (Å²) in [7, 11) is 0. The lowest BCUT2D eigenvalue weighted by Gasteiger charge is -2.16. The lowest BCUT2D eigenvalue weighted by Crippen LogP contribution is -2.23. The second-order valence-corrected chi connectivity index (χ2v) is 5.54. The van der Waals surface area contributed by atoms with Crippen LogP contribution in [0.15, 0.2) is 18.2 Å². The number of hydrogen-bond donors (Lipinski definition) is 0. The molecule has 0 aliphatic heterocycles. The van der Waals surface area contributed by atoms with Crippen molar-refractivity contribution in [2.24, 2.45) is 5.41 Å². The first kappa shape index (κ1) is 13.6. The number of hydrogen-bond acceptors (Lipinski definition) is 2. The highest BCUT2D eigenvalue weighted by atomic mass is 16.1. The molecule has 0 fully saturated rings. The van der Waals surface area contributed by atoms with Crippen molar-refractivity contribution in [3.8, 4) is 0 Å². The van der Waals surface area contributed by atoms with E-state index in [0.717, 1.165) is 11.1 Å². The molecule has 0 bridgehead atoms. The van der Waals surface area contributed by atoms with E-state index in [0.29, 0.717) is 5.56 Å². The monoisotopic (exact) mass is 232 g/mol. The molecule has 0 radical (unpaired) electrons. The standard InChI is InChI=1S/C15H20O2/c1-10-7-6-8-11(2)14(10)12(16)9-13(17)15(3,4)5/h6-8H,9H2,1-5H3. The second-order valence-electron chi connectivity index (χ2n) is 5.54. The summed E-state index contributed by atoms with van der Waals surface area (Å²) in [5, 5.41) is 0. The largest absolute Gasteiger partial charge is 0.299 e. The molecule has 0 atom stereocenters. The van der Waals surface area contributed by atoms with E-state index in [1.165, 1.54) is 0 Å². The Hall–Kier alpha value is -1.44. The summed E-state index contributed by atoms with van der Waals surface area (Å²) >= 11 is 0. The minimum Gasteiger partial charge on any atom is -0.299 e. The van der Waals surface area contributed by atoms with Crippen LogP contribution >= 0.6 is 0 Å². The first-order valence-corrected chi connectivity index (χ1v) is 5.86. The first-order valence-electron chi connectivity index (χ1n) is 5.86. The SMILES string of the molecule is Cc1cccc(C)c1C(=O)CC(=O)C(C)(C)C. The van der Waals surface area contributed by atoms with E-state index < -0.39 is 5.41 Å².